The standard InChI is InChI=1S/C12H17NO4/c14-10(8-5-9(8)11(15)16)13-3-1-12(6-13)2-4-17-7-12/h8-9H,1-7H2,(H,15,16). The minimum absolute atomic E-state index is 0.0428. The van der Waals surface area contributed by atoms with Crippen molar-refractivity contribution in [1.29, 1.82) is 0 Å². The first-order chi connectivity index (χ1) is 8.11. The van der Waals surface area contributed by atoms with Gasteiger partial charge in [-0.2, -0.15) is 0 Å². The summed E-state index contributed by atoms with van der Waals surface area (Å²) in [7, 11) is 0. The number of carboxylic acid groups (broad SMARTS) is 1. The summed E-state index contributed by atoms with van der Waals surface area (Å²) in [5.41, 5.74) is 0.170. The lowest BCUT2D eigenvalue weighted by Crippen LogP contribution is -2.34. The second-order valence-corrected chi connectivity index (χ2v) is 5.60. The van der Waals surface area contributed by atoms with E-state index >= 15 is 0 Å². The quantitative estimate of drug-likeness (QED) is 0.755. The van der Waals surface area contributed by atoms with Crippen molar-refractivity contribution in [1.82, 2.24) is 4.90 Å². The molecule has 3 unspecified atom stereocenters. The molecule has 2 aliphatic heterocycles. The first-order valence-electron chi connectivity index (χ1n) is 6.21. The number of amides is 1. The molecule has 5 heteroatoms. The third kappa shape index (κ3) is 1.82. The van der Waals surface area contributed by atoms with Crippen LogP contribution in [-0.2, 0) is 14.3 Å². The summed E-state index contributed by atoms with van der Waals surface area (Å²) in [5, 5.41) is 8.83. The highest BCUT2D eigenvalue weighted by molar-refractivity contribution is 5.89. The van der Waals surface area contributed by atoms with Crippen molar-refractivity contribution in [3.8, 4) is 0 Å². The summed E-state index contributed by atoms with van der Waals surface area (Å²) in [6.07, 6.45) is 2.56. The van der Waals surface area contributed by atoms with E-state index < -0.39 is 11.9 Å². The minimum atomic E-state index is -0.832. The van der Waals surface area contributed by atoms with Gasteiger partial charge >= 0.3 is 5.97 Å². The number of carbonyl (C=O) groups is 2. The molecule has 1 aliphatic carbocycles. The highest BCUT2D eigenvalue weighted by Gasteiger charge is 2.52. The molecule has 0 aromatic rings. The van der Waals surface area contributed by atoms with Crippen molar-refractivity contribution >= 4 is 11.9 Å². The van der Waals surface area contributed by atoms with Crippen LogP contribution < -0.4 is 0 Å². The van der Waals surface area contributed by atoms with E-state index in [0.29, 0.717) is 6.42 Å². The zero-order valence-electron chi connectivity index (χ0n) is 9.72. The molecule has 3 fully saturated rings. The van der Waals surface area contributed by atoms with Crippen LogP contribution in [0.4, 0.5) is 0 Å². The molecule has 2 heterocycles. The van der Waals surface area contributed by atoms with Gasteiger partial charge in [-0.25, -0.2) is 0 Å². The lowest BCUT2D eigenvalue weighted by molar-refractivity contribution is -0.141. The molecule has 3 atom stereocenters. The number of nitrogens with zero attached hydrogens (tertiary/aromatic N) is 1. The van der Waals surface area contributed by atoms with Crippen molar-refractivity contribution in [2.75, 3.05) is 26.3 Å². The molecule has 5 nitrogen and oxygen atoms in total. The fourth-order valence-corrected chi connectivity index (χ4v) is 3.07. The summed E-state index contributed by atoms with van der Waals surface area (Å²) in [5.74, 6) is -1.48. The smallest absolute Gasteiger partial charge is 0.307 e. The number of aliphatic carboxylic acids is 1. The van der Waals surface area contributed by atoms with Gasteiger partial charge in [0, 0.05) is 25.1 Å². The molecule has 0 aromatic heterocycles. The van der Waals surface area contributed by atoms with Crippen LogP contribution in [0, 0.1) is 17.3 Å². The fourth-order valence-electron chi connectivity index (χ4n) is 3.07. The maximum absolute atomic E-state index is 12.1. The van der Waals surface area contributed by atoms with Gasteiger partial charge in [0.1, 0.15) is 0 Å². The van der Waals surface area contributed by atoms with Crippen LogP contribution >= 0.6 is 0 Å². The lowest BCUT2D eigenvalue weighted by atomic mass is 9.87. The summed E-state index contributed by atoms with van der Waals surface area (Å²) >= 11 is 0. The van der Waals surface area contributed by atoms with Crippen LogP contribution in [0.1, 0.15) is 19.3 Å². The van der Waals surface area contributed by atoms with Gasteiger partial charge in [-0.1, -0.05) is 0 Å². The van der Waals surface area contributed by atoms with Crippen LogP contribution in [0.3, 0.4) is 0 Å². The predicted octanol–water partition coefficient (Wildman–Crippen LogP) is 0.346. The molecule has 1 spiro atoms. The molecule has 2 saturated heterocycles. The van der Waals surface area contributed by atoms with Crippen molar-refractivity contribution in [3.63, 3.8) is 0 Å². The van der Waals surface area contributed by atoms with E-state index in [1.165, 1.54) is 0 Å². The number of rotatable bonds is 2. The Kier molecular flexibility index (Phi) is 2.40. The second kappa shape index (κ2) is 3.70. The SMILES string of the molecule is O=C(O)C1CC1C(=O)N1CCC2(CCOC2)C1. The Balaban J connectivity index is 1.60. The molecule has 94 valence electrons. The molecular formula is C12H17NO4. The van der Waals surface area contributed by atoms with E-state index in [1.807, 2.05) is 4.90 Å². The second-order valence-electron chi connectivity index (χ2n) is 5.60. The van der Waals surface area contributed by atoms with E-state index in [1.54, 1.807) is 0 Å². The van der Waals surface area contributed by atoms with Crippen LogP contribution in [0.25, 0.3) is 0 Å². The van der Waals surface area contributed by atoms with Gasteiger partial charge in [0.15, 0.2) is 0 Å². The molecule has 3 rings (SSSR count). The zero-order valence-corrected chi connectivity index (χ0v) is 9.72. The molecule has 0 radical (unpaired) electrons. The summed E-state index contributed by atoms with van der Waals surface area (Å²) < 4.78 is 5.41. The first kappa shape index (κ1) is 11.0. The zero-order chi connectivity index (χ0) is 12.0. The third-order valence-electron chi connectivity index (χ3n) is 4.36. The monoisotopic (exact) mass is 239 g/mol. The fraction of sp³-hybridized carbons (Fsp3) is 0.833. The van der Waals surface area contributed by atoms with Crippen LogP contribution in [-0.4, -0.2) is 48.2 Å². The number of hydrogen-bond donors (Lipinski definition) is 1. The van der Waals surface area contributed by atoms with Crippen LogP contribution in [0.5, 0.6) is 0 Å². The largest absolute Gasteiger partial charge is 0.481 e. The van der Waals surface area contributed by atoms with E-state index in [-0.39, 0.29) is 17.2 Å². The Morgan fingerprint density at radius 3 is 2.71 bits per heavy atom. The summed E-state index contributed by atoms with van der Waals surface area (Å²) in [6, 6.07) is 0. The molecule has 17 heavy (non-hydrogen) atoms. The maximum atomic E-state index is 12.1. The highest BCUT2D eigenvalue weighted by Crippen LogP contribution is 2.44. The first-order valence-corrected chi connectivity index (χ1v) is 6.21. The van der Waals surface area contributed by atoms with Crippen molar-refractivity contribution in [3.05, 3.63) is 0 Å². The molecular weight excluding hydrogens is 222 g/mol. The van der Waals surface area contributed by atoms with Crippen LogP contribution in [0.15, 0.2) is 0 Å². The summed E-state index contributed by atoms with van der Waals surface area (Å²) in [4.78, 5) is 24.7. The average molecular weight is 239 g/mol. The molecule has 0 bridgehead atoms. The highest BCUT2D eigenvalue weighted by atomic mass is 16.5. The minimum Gasteiger partial charge on any atom is -0.481 e. The third-order valence-corrected chi connectivity index (χ3v) is 4.36. The Bertz CT molecular complexity index is 362. The normalized spacial score (nSPS) is 39.9. The van der Waals surface area contributed by atoms with Gasteiger partial charge < -0.3 is 14.7 Å². The topological polar surface area (TPSA) is 66.8 Å². The van der Waals surface area contributed by atoms with E-state index in [4.69, 9.17) is 9.84 Å². The lowest BCUT2D eigenvalue weighted by Gasteiger charge is -2.22. The van der Waals surface area contributed by atoms with E-state index in [0.717, 1.165) is 39.1 Å². The van der Waals surface area contributed by atoms with Crippen molar-refractivity contribution in [2.45, 2.75) is 19.3 Å². The summed E-state index contributed by atoms with van der Waals surface area (Å²) in [6.45, 7) is 3.08. The van der Waals surface area contributed by atoms with E-state index in [9.17, 15) is 9.59 Å². The van der Waals surface area contributed by atoms with E-state index in [2.05, 4.69) is 0 Å². The number of ether oxygens (including phenoxy) is 1. The predicted molar refractivity (Wildman–Crippen MR) is 58.3 cm³/mol. The number of hydrogen-bond acceptors (Lipinski definition) is 3. The Morgan fingerprint density at radius 1 is 1.29 bits per heavy atom. The Labute approximate surface area is 99.7 Å². The van der Waals surface area contributed by atoms with Crippen LogP contribution in [0.2, 0.25) is 0 Å². The molecule has 1 saturated carbocycles. The molecule has 3 aliphatic rings. The van der Waals surface area contributed by atoms with Gasteiger partial charge in [-0.3, -0.25) is 9.59 Å². The van der Waals surface area contributed by atoms with Gasteiger partial charge in [0.25, 0.3) is 0 Å². The molecule has 1 amide bonds. The number of carbonyl (C=O) groups excluding carboxylic acids is 1. The number of carboxylic acids is 1. The average Bonchev–Trinajstić information content (AvgIpc) is 2.82. The Morgan fingerprint density at radius 2 is 2.12 bits per heavy atom. The van der Waals surface area contributed by atoms with Gasteiger partial charge in [0.2, 0.25) is 5.91 Å². The van der Waals surface area contributed by atoms with Gasteiger partial charge in [-0.05, 0) is 19.3 Å². The number of likely N-dealkylation sites (tertiary alicyclic amines) is 1. The van der Waals surface area contributed by atoms with Gasteiger partial charge in [0.05, 0.1) is 18.4 Å². The molecule has 1 N–H and O–H groups in total. The van der Waals surface area contributed by atoms with Crippen molar-refractivity contribution in [2.24, 2.45) is 17.3 Å². The van der Waals surface area contributed by atoms with Gasteiger partial charge in [-0.15, -0.1) is 0 Å². The van der Waals surface area contributed by atoms with Crippen molar-refractivity contribution < 1.29 is 19.4 Å². The maximum Gasteiger partial charge on any atom is 0.307 e. The Hall–Kier alpha value is -1.10. The molecule has 0 aromatic carbocycles.